The predicted octanol–water partition coefficient (Wildman–Crippen LogP) is 3.84. The highest BCUT2D eigenvalue weighted by Crippen LogP contribution is 2.21. The summed E-state index contributed by atoms with van der Waals surface area (Å²) in [4.78, 5) is 16.7. The molecule has 112 valence electrons. The first-order valence-corrected chi connectivity index (χ1v) is 7.22. The molecule has 0 atom stereocenters. The second-order valence-electron chi connectivity index (χ2n) is 5.01. The minimum absolute atomic E-state index is 0.0117. The molecular formula is C17H16FN3O. The predicted molar refractivity (Wildman–Crippen MR) is 84.4 cm³/mol. The van der Waals surface area contributed by atoms with Gasteiger partial charge in [0.25, 0.3) is 5.91 Å². The number of hydrogen-bond acceptors (Lipinski definition) is 2. The Morgan fingerprint density at radius 2 is 1.91 bits per heavy atom. The number of rotatable bonds is 4. The molecule has 0 aliphatic heterocycles. The molecule has 0 aliphatic carbocycles. The largest absolute Gasteiger partial charge is 0.310 e. The van der Waals surface area contributed by atoms with Crippen LogP contribution in [0.5, 0.6) is 0 Å². The summed E-state index contributed by atoms with van der Waals surface area (Å²) in [5, 5.41) is 2.71. The molecule has 0 spiro atoms. The third-order valence-corrected chi connectivity index (χ3v) is 3.45. The highest BCUT2D eigenvalue weighted by molar-refractivity contribution is 6.04. The molecule has 1 aromatic heterocycles. The SMILES string of the molecule is CCCn1c(NC(=O)c2ccccc2F)nc2ccccc21. The Bertz CT molecular complexity index is 826. The van der Waals surface area contributed by atoms with Crippen molar-refractivity contribution in [2.24, 2.45) is 0 Å². The number of carbonyl (C=O) groups is 1. The second kappa shape index (κ2) is 5.97. The van der Waals surface area contributed by atoms with Crippen molar-refractivity contribution in [1.82, 2.24) is 9.55 Å². The van der Waals surface area contributed by atoms with Crippen LogP contribution in [-0.4, -0.2) is 15.5 Å². The lowest BCUT2D eigenvalue weighted by atomic mass is 10.2. The standard InChI is InChI=1S/C17H16FN3O/c1-2-11-21-15-10-6-5-9-14(15)19-17(21)20-16(22)12-7-3-4-8-13(12)18/h3-10H,2,11H2,1H3,(H,19,20,22). The lowest BCUT2D eigenvalue weighted by molar-refractivity contribution is 0.102. The van der Waals surface area contributed by atoms with Gasteiger partial charge in [0.05, 0.1) is 16.6 Å². The third-order valence-electron chi connectivity index (χ3n) is 3.45. The molecule has 1 heterocycles. The van der Waals surface area contributed by atoms with Crippen molar-refractivity contribution in [1.29, 1.82) is 0 Å². The number of para-hydroxylation sites is 2. The number of imidazole rings is 1. The molecule has 0 fully saturated rings. The van der Waals surface area contributed by atoms with E-state index in [2.05, 4.69) is 17.2 Å². The van der Waals surface area contributed by atoms with Crippen LogP contribution in [0, 0.1) is 5.82 Å². The van der Waals surface area contributed by atoms with Gasteiger partial charge in [-0.3, -0.25) is 10.1 Å². The molecule has 0 radical (unpaired) electrons. The summed E-state index contributed by atoms with van der Waals surface area (Å²) in [6.45, 7) is 2.78. The van der Waals surface area contributed by atoms with Gasteiger partial charge < -0.3 is 4.57 Å². The third kappa shape index (κ3) is 2.57. The number of fused-ring (bicyclic) bond motifs is 1. The highest BCUT2D eigenvalue weighted by atomic mass is 19.1. The zero-order valence-electron chi connectivity index (χ0n) is 12.2. The summed E-state index contributed by atoms with van der Waals surface area (Å²) in [7, 11) is 0. The Morgan fingerprint density at radius 1 is 1.18 bits per heavy atom. The Balaban J connectivity index is 1.98. The van der Waals surface area contributed by atoms with Crippen LogP contribution in [0.4, 0.5) is 10.3 Å². The van der Waals surface area contributed by atoms with Crippen LogP contribution in [0.25, 0.3) is 11.0 Å². The maximum absolute atomic E-state index is 13.7. The van der Waals surface area contributed by atoms with Gasteiger partial charge in [-0.2, -0.15) is 0 Å². The molecule has 0 bridgehead atoms. The van der Waals surface area contributed by atoms with E-state index in [1.54, 1.807) is 12.1 Å². The number of carbonyl (C=O) groups excluding carboxylic acids is 1. The zero-order valence-corrected chi connectivity index (χ0v) is 12.2. The number of anilines is 1. The number of aromatic nitrogens is 2. The molecule has 4 nitrogen and oxygen atoms in total. The maximum atomic E-state index is 13.7. The van der Waals surface area contributed by atoms with Gasteiger partial charge in [-0.05, 0) is 30.7 Å². The van der Waals surface area contributed by atoms with Crippen molar-refractivity contribution in [3.63, 3.8) is 0 Å². The Kier molecular flexibility index (Phi) is 3.87. The second-order valence-corrected chi connectivity index (χ2v) is 5.01. The number of nitrogens with one attached hydrogen (secondary N) is 1. The van der Waals surface area contributed by atoms with Gasteiger partial charge in [0, 0.05) is 6.54 Å². The first-order valence-electron chi connectivity index (χ1n) is 7.22. The fourth-order valence-corrected chi connectivity index (χ4v) is 2.44. The lowest BCUT2D eigenvalue weighted by Gasteiger charge is -2.09. The van der Waals surface area contributed by atoms with Crippen molar-refractivity contribution in [3.05, 3.63) is 59.9 Å². The number of aryl methyl sites for hydroxylation is 1. The van der Waals surface area contributed by atoms with Crippen molar-refractivity contribution in [2.45, 2.75) is 19.9 Å². The quantitative estimate of drug-likeness (QED) is 0.795. The minimum Gasteiger partial charge on any atom is -0.310 e. The first kappa shape index (κ1) is 14.3. The summed E-state index contributed by atoms with van der Waals surface area (Å²) in [5.74, 6) is -0.597. The molecule has 2 aromatic carbocycles. The fraction of sp³-hybridized carbons (Fsp3) is 0.176. The van der Waals surface area contributed by atoms with Gasteiger partial charge in [0.1, 0.15) is 5.82 Å². The van der Waals surface area contributed by atoms with Crippen LogP contribution in [0.1, 0.15) is 23.7 Å². The first-order chi connectivity index (χ1) is 10.7. The van der Waals surface area contributed by atoms with E-state index in [4.69, 9.17) is 0 Å². The highest BCUT2D eigenvalue weighted by Gasteiger charge is 2.16. The molecule has 5 heteroatoms. The normalized spacial score (nSPS) is 10.8. The van der Waals surface area contributed by atoms with Crippen LogP contribution in [0.2, 0.25) is 0 Å². The zero-order chi connectivity index (χ0) is 15.5. The van der Waals surface area contributed by atoms with E-state index in [0.29, 0.717) is 5.95 Å². The van der Waals surface area contributed by atoms with Crippen LogP contribution in [-0.2, 0) is 6.54 Å². The van der Waals surface area contributed by atoms with E-state index in [1.165, 1.54) is 12.1 Å². The molecule has 3 rings (SSSR count). The van der Waals surface area contributed by atoms with Crippen LogP contribution < -0.4 is 5.32 Å². The van der Waals surface area contributed by atoms with Crippen LogP contribution >= 0.6 is 0 Å². The summed E-state index contributed by atoms with van der Waals surface area (Å²) in [6, 6.07) is 13.6. The van der Waals surface area contributed by atoms with Crippen LogP contribution in [0.3, 0.4) is 0 Å². The van der Waals surface area contributed by atoms with E-state index in [-0.39, 0.29) is 5.56 Å². The average Bonchev–Trinajstić information content (AvgIpc) is 2.86. The van der Waals surface area contributed by atoms with E-state index >= 15 is 0 Å². The van der Waals surface area contributed by atoms with E-state index < -0.39 is 11.7 Å². The molecule has 22 heavy (non-hydrogen) atoms. The van der Waals surface area contributed by atoms with Gasteiger partial charge in [0.2, 0.25) is 5.95 Å². The molecule has 0 saturated heterocycles. The Labute approximate surface area is 127 Å². The summed E-state index contributed by atoms with van der Waals surface area (Å²) >= 11 is 0. The number of benzene rings is 2. The molecule has 0 saturated carbocycles. The lowest BCUT2D eigenvalue weighted by Crippen LogP contribution is -2.17. The topological polar surface area (TPSA) is 46.9 Å². The molecule has 0 aliphatic rings. The summed E-state index contributed by atoms with van der Waals surface area (Å²) in [6.07, 6.45) is 0.906. The van der Waals surface area contributed by atoms with E-state index in [0.717, 1.165) is 24.0 Å². The maximum Gasteiger partial charge on any atom is 0.260 e. The van der Waals surface area contributed by atoms with Crippen LogP contribution in [0.15, 0.2) is 48.5 Å². The molecule has 3 aromatic rings. The number of halogens is 1. The number of nitrogens with zero attached hydrogens (tertiary/aromatic N) is 2. The number of amides is 1. The Hall–Kier alpha value is -2.69. The fourth-order valence-electron chi connectivity index (χ4n) is 2.44. The van der Waals surface area contributed by atoms with Crippen molar-refractivity contribution < 1.29 is 9.18 Å². The van der Waals surface area contributed by atoms with Gasteiger partial charge in [-0.25, -0.2) is 9.37 Å². The minimum atomic E-state index is -0.543. The van der Waals surface area contributed by atoms with Crippen molar-refractivity contribution in [2.75, 3.05) is 5.32 Å². The van der Waals surface area contributed by atoms with Gasteiger partial charge >= 0.3 is 0 Å². The molecular weight excluding hydrogens is 281 g/mol. The Morgan fingerprint density at radius 3 is 2.68 bits per heavy atom. The van der Waals surface area contributed by atoms with E-state index in [9.17, 15) is 9.18 Å². The summed E-state index contributed by atoms with van der Waals surface area (Å²) in [5.41, 5.74) is 1.77. The molecule has 1 N–H and O–H groups in total. The van der Waals surface area contributed by atoms with E-state index in [1.807, 2.05) is 28.8 Å². The van der Waals surface area contributed by atoms with Crippen molar-refractivity contribution >= 4 is 22.9 Å². The average molecular weight is 297 g/mol. The monoisotopic (exact) mass is 297 g/mol. The summed E-state index contributed by atoms with van der Waals surface area (Å²) < 4.78 is 15.6. The van der Waals surface area contributed by atoms with Gasteiger partial charge in [-0.1, -0.05) is 31.2 Å². The smallest absolute Gasteiger partial charge is 0.260 e. The molecule has 0 unspecified atom stereocenters. The van der Waals surface area contributed by atoms with Crippen molar-refractivity contribution in [3.8, 4) is 0 Å². The van der Waals surface area contributed by atoms with Gasteiger partial charge in [-0.15, -0.1) is 0 Å². The molecule has 1 amide bonds. The number of hydrogen-bond donors (Lipinski definition) is 1. The van der Waals surface area contributed by atoms with Gasteiger partial charge in [0.15, 0.2) is 0 Å².